The van der Waals surface area contributed by atoms with E-state index < -0.39 is 5.97 Å². The molecule has 0 bridgehead atoms. The van der Waals surface area contributed by atoms with Crippen molar-refractivity contribution in [3.63, 3.8) is 0 Å². The van der Waals surface area contributed by atoms with Crippen LogP contribution < -0.4 is 0 Å². The highest BCUT2D eigenvalue weighted by Crippen LogP contribution is 2.30. The summed E-state index contributed by atoms with van der Waals surface area (Å²) in [5.74, 6) is -0.373. The van der Waals surface area contributed by atoms with Gasteiger partial charge in [0.15, 0.2) is 0 Å². The zero-order valence-electron chi connectivity index (χ0n) is 10.4. The van der Waals surface area contributed by atoms with Gasteiger partial charge in [-0.1, -0.05) is 19.3 Å². The van der Waals surface area contributed by atoms with Crippen LogP contribution in [0.15, 0.2) is 0 Å². The number of rotatable bonds is 8. The van der Waals surface area contributed by atoms with Gasteiger partial charge in [-0.3, -0.25) is 9.59 Å². The normalized spacial score (nSPS) is 15.4. The monoisotopic (exact) mass is 243 g/mol. The Bertz CT molecular complexity index is 263. The second-order valence-corrected chi connectivity index (χ2v) is 4.54. The maximum Gasteiger partial charge on any atom is 0.323 e. The van der Waals surface area contributed by atoms with Crippen molar-refractivity contribution >= 4 is 11.9 Å². The van der Waals surface area contributed by atoms with E-state index in [2.05, 4.69) is 0 Å². The number of carboxylic acids is 1. The van der Waals surface area contributed by atoms with Crippen molar-refractivity contribution < 1.29 is 19.4 Å². The van der Waals surface area contributed by atoms with E-state index in [1.54, 1.807) is 0 Å². The van der Waals surface area contributed by atoms with Gasteiger partial charge >= 0.3 is 5.97 Å². The molecule has 0 unspecified atom stereocenters. The van der Waals surface area contributed by atoms with E-state index in [0.29, 0.717) is 25.5 Å². The van der Waals surface area contributed by atoms with Gasteiger partial charge in [-0.2, -0.15) is 0 Å². The summed E-state index contributed by atoms with van der Waals surface area (Å²) >= 11 is 0. The van der Waals surface area contributed by atoms with Crippen LogP contribution >= 0.6 is 0 Å². The first kappa shape index (κ1) is 14.0. The van der Waals surface area contributed by atoms with Crippen LogP contribution in [0.5, 0.6) is 0 Å². The molecule has 1 rings (SSSR count). The highest BCUT2D eigenvalue weighted by molar-refractivity contribution is 5.81. The number of hydrogen-bond acceptors (Lipinski definition) is 3. The Labute approximate surface area is 102 Å². The molecule has 1 amide bonds. The summed E-state index contributed by atoms with van der Waals surface area (Å²) in [5.41, 5.74) is 0. The standard InChI is InChI=1S/C12H21NO4/c1-17-8-7-13(9-12(15)16)11(14)6-5-10-3-2-4-10/h10H,2-9H2,1H3,(H,15,16). The molecule has 98 valence electrons. The molecule has 1 aliphatic rings. The molecule has 5 heteroatoms. The predicted molar refractivity (Wildman–Crippen MR) is 62.7 cm³/mol. The molecule has 0 aromatic carbocycles. The molecular weight excluding hydrogens is 222 g/mol. The first-order valence-corrected chi connectivity index (χ1v) is 6.12. The Morgan fingerprint density at radius 1 is 1.41 bits per heavy atom. The van der Waals surface area contributed by atoms with Crippen LogP contribution in [0.4, 0.5) is 0 Å². The van der Waals surface area contributed by atoms with Gasteiger partial charge in [0.05, 0.1) is 6.61 Å². The molecule has 0 saturated heterocycles. The Morgan fingerprint density at radius 2 is 2.12 bits per heavy atom. The number of ether oxygens (including phenoxy) is 1. The van der Waals surface area contributed by atoms with Crippen molar-refractivity contribution in [2.45, 2.75) is 32.1 Å². The van der Waals surface area contributed by atoms with E-state index in [1.165, 1.54) is 31.3 Å². The van der Waals surface area contributed by atoms with Gasteiger partial charge in [0.25, 0.3) is 0 Å². The molecule has 1 N–H and O–H groups in total. The van der Waals surface area contributed by atoms with Crippen molar-refractivity contribution in [3.05, 3.63) is 0 Å². The highest BCUT2D eigenvalue weighted by atomic mass is 16.5. The van der Waals surface area contributed by atoms with Crippen LogP contribution in [0.1, 0.15) is 32.1 Å². The Morgan fingerprint density at radius 3 is 2.59 bits per heavy atom. The van der Waals surface area contributed by atoms with Crippen LogP contribution in [0.3, 0.4) is 0 Å². The summed E-state index contributed by atoms with van der Waals surface area (Å²) in [7, 11) is 1.54. The van der Waals surface area contributed by atoms with E-state index in [1.807, 2.05) is 0 Å². The number of carbonyl (C=O) groups is 2. The summed E-state index contributed by atoms with van der Waals surface area (Å²) in [6.07, 6.45) is 5.04. The number of carbonyl (C=O) groups excluding carboxylic acids is 1. The molecule has 1 fully saturated rings. The summed E-state index contributed by atoms with van der Waals surface area (Å²) < 4.78 is 4.88. The smallest absolute Gasteiger partial charge is 0.323 e. The minimum atomic E-state index is -0.974. The first-order valence-electron chi connectivity index (χ1n) is 6.12. The molecule has 0 aliphatic heterocycles. The van der Waals surface area contributed by atoms with Crippen molar-refractivity contribution in [1.29, 1.82) is 0 Å². The lowest BCUT2D eigenvalue weighted by atomic mass is 9.82. The third-order valence-corrected chi connectivity index (χ3v) is 3.24. The van der Waals surface area contributed by atoms with Crippen molar-refractivity contribution in [2.24, 2.45) is 5.92 Å². The molecule has 0 aromatic heterocycles. The maximum atomic E-state index is 11.8. The molecule has 1 saturated carbocycles. The fourth-order valence-corrected chi connectivity index (χ4v) is 1.92. The summed E-state index contributed by atoms with van der Waals surface area (Å²) in [6, 6.07) is 0. The Hall–Kier alpha value is -1.10. The van der Waals surface area contributed by atoms with Crippen molar-refractivity contribution in [2.75, 3.05) is 26.8 Å². The molecule has 0 spiro atoms. The molecule has 1 aliphatic carbocycles. The Kier molecular flexibility index (Phi) is 5.97. The highest BCUT2D eigenvalue weighted by Gasteiger charge is 2.21. The zero-order chi connectivity index (χ0) is 12.7. The molecule has 0 radical (unpaired) electrons. The van der Waals surface area contributed by atoms with Gasteiger partial charge in [0.2, 0.25) is 5.91 Å². The van der Waals surface area contributed by atoms with E-state index in [0.717, 1.165) is 6.42 Å². The average Bonchev–Trinajstić information content (AvgIpc) is 2.21. The third-order valence-electron chi connectivity index (χ3n) is 3.24. The van der Waals surface area contributed by atoms with Crippen molar-refractivity contribution in [1.82, 2.24) is 4.90 Å². The number of aliphatic carboxylic acids is 1. The molecular formula is C12H21NO4. The fraction of sp³-hybridized carbons (Fsp3) is 0.833. The van der Waals surface area contributed by atoms with Crippen LogP contribution in [0, 0.1) is 5.92 Å². The quantitative estimate of drug-likeness (QED) is 0.694. The van der Waals surface area contributed by atoms with E-state index in [9.17, 15) is 9.59 Å². The second-order valence-electron chi connectivity index (χ2n) is 4.54. The van der Waals surface area contributed by atoms with Gasteiger partial charge < -0.3 is 14.7 Å². The van der Waals surface area contributed by atoms with Crippen LogP contribution in [0.25, 0.3) is 0 Å². The van der Waals surface area contributed by atoms with Crippen LogP contribution in [-0.4, -0.2) is 48.7 Å². The lowest BCUT2D eigenvalue weighted by Gasteiger charge is -2.26. The van der Waals surface area contributed by atoms with Crippen LogP contribution in [0.2, 0.25) is 0 Å². The van der Waals surface area contributed by atoms with Gasteiger partial charge in [-0.25, -0.2) is 0 Å². The SMILES string of the molecule is COCCN(CC(=O)O)C(=O)CCC1CCC1. The van der Waals surface area contributed by atoms with Gasteiger partial charge in [-0.05, 0) is 12.3 Å². The topological polar surface area (TPSA) is 66.8 Å². The number of carboxylic acid groups (broad SMARTS) is 1. The number of nitrogens with zero attached hydrogens (tertiary/aromatic N) is 1. The fourth-order valence-electron chi connectivity index (χ4n) is 1.92. The summed E-state index contributed by atoms with van der Waals surface area (Å²) in [4.78, 5) is 23.8. The first-order chi connectivity index (χ1) is 8.13. The lowest BCUT2D eigenvalue weighted by molar-refractivity contribution is -0.145. The molecule has 0 aromatic rings. The summed E-state index contributed by atoms with van der Waals surface area (Å²) in [5, 5.41) is 8.73. The van der Waals surface area contributed by atoms with Gasteiger partial charge in [0, 0.05) is 20.1 Å². The van der Waals surface area contributed by atoms with E-state index >= 15 is 0 Å². The zero-order valence-corrected chi connectivity index (χ0v) is 10.4. The minimum Gasteiger partial charge on any atom is -0.480 e. The van der Waals surface area contributed by atoms with Crippen LogP contribution in [-0.2, 0) is 14.3 Å². The van der Waals surface area contributed by atoms with Gasteiger partial charge in [0.1, 0.15) is 6.54 Å². The second kappa shape index (κ2) is 7.27. The largest absolute Gasteiger partial charge is 0.480 e. The van der Waals surface area contributed by atoms with Crippen molar-refractivity contribution in [3.8, 4) is 0 Å². The number of hydrogen-bond donors (Lipinski definition) is 1. The number of amides is 1. The van der Waals surface area contributed by atoms with Gasteiger partial charge in [-0.15, -0.1) is 0 Å². The summed E-state index contributed by atoms with van der Waals surface area (Å²) in [6.45, 7) is 0.502. The molecule has 0 heterocycles. The molecule has 0 atom stereocenters. The Balaban J connectivity index is 2.31. The lowest BCUT2D eigenvalue weighted by Crippen LogP contribution is -2.38. The predicted octanol–water partition coefficient (Wildman–Crippen LogP) is 1.13. The average molecular weight is 243 g/mol. The third kappa shape index (κ3) is 5.17. The minimum absolute atomic E-state index is 0.0728. The molecule has 5 nitrogen and oxygen atoms in total. The van der Waals surface area contributed by atoms with E-state index in [-0.39, 0.29) is 12.5 Å². The number of methoxy groups -OCH3 is 1. The maximum absolute atomic E-state index is 11.8. The van der Waals surface area contributed by atoms with E-state index in [4.69, 9.17) is 9.84 Å². The molecule has 17 heavy (non-hydrogen) atoms.